The molecule has 0 aliphatic rings. The second-order valence-corrected chi connectivity index (χ2v) is 3.52. The Morgan fingerprint density at radius 2 is 2.00 bits per heavy atom. The number of aromatic nitrogens is 3. The lowest BCUT2D eigenvalue weighted by atomic mass is 10.1. The number of nitriles is 1. The van der Waals surface area contributed by atoms with Crippen LogP contribution in [0.25, 0.3) is 0 Å². The summed E-state index contributed by atoms with van der Waals surface area (Å²) in [5.41, 5.74) is 1.44. The van der Waals surface area contributed by atoms with Crippen molar-refractivity contribution < 1.29 is 0 Å². The molecule has 0 aliphatic heterocycles. The van der Waals surface area contributed by atoms with E-state index in [1.807, 2.05) is 25.1 Å². The van der Waals surface area contributed by atoms with Crippen LogP contribution in [0.2, 0.25) is 0 Å². The molecule has 0 fully saturated rings. The molecule has 1 unspecified atom stereocenters. The number of hydrogen-bond acceptors (Lipinski definition) is 5. The summed E-state index contributed by atoms with van der Waals surface area (Å²) >= 11 is 0. The third-order valence-electron chi connectivity index (χ3n) is 2.32. The number of hydrogen-bond donors (Lipinski definition) is 1. The Morgan fingerprint density at radius 3 is 2.71 bits per heavy atom. The third-order valence-corrected chi connectivity index (χ3v) is 2.32. The lowest BCUT2D eigenvalue weighted by Crippen LogP contribution is -2.09. The summed E-state index contributed by atoms with van der Waals surface area (Å²) < 4.78 is 0. The average Bonchev–Trinajstić information content (AvgIpc) is 2.40. The van der Waals surface area contributed by atoms with Crippen LogP contribution in [-0.4, -0.2) is 15.0 Å². The topological polar surface area (TPSA) is 74.5 Å². The molecule has 2 rings (SSSR count). The summed E-state index contributed by atoms with van der Waals surface area (Å²) in [7, 11) is 0. The molecule has 0 spiro atoms. The minimum atomic E-state index is 0.0620. The van der Waals surface area contributed by atoms with Gasteiger partial charge in [0.05, 0.1) is 6.04 Å². The van der Waals surface area contributed by atoms with E-state index >= 15 is 0 Å². The van der Waals surface area contributed by atoms with Crippen molar-refractivity contribution in [1.29, 1.82) is 5.26 Å². The van der Waals surface area contributed by atoms with Crippen LogP contribution in [0.5, 0.6) is 0 Å². The van der Waals surface area contributed by atoms with E-state index in [2.05, 4.69) is 20.3 Å². The van der Waals surface area contributed by atoms with Gasteiger partial charge in [0.25, 0.3) is 0 Å². The molecule has 5 nitrogen and oxygen atoms in total. The van der Waals surface area contributed by atoms with Crippen molar-refractivity contribution in [2.24, 2.45) is 0 Å². The standard InChI is InChI=1S/C12H11N5/c1-9(10-2-5-14-6-3-10)16-12-15-7-4-11(8-13)17-12/h2-7,9H,1H3,(H,15,16,17). The first-order chi connectivity index (χ1) is 8.29. The Balaban J connectivity index is 2.13. The fraction of sp³-hybridized carbons (Fsp3) is 0.167. The van der Waals surface area contributed by atoms with E-state index < -0.39 is 0 Å². The van der Waals surface area contributed by atoms with E-state index in [-0.39, 0.29) is 6.04 Å². The van der Waals surface area contributed by atoms with E-state index in [1.54, 1.807) is 24.7 Å². The van der Waals surface area contributed by atoms with Gasteiger partial charge in [-0.1, -0.05) is 0 Å². The zero-order valence-electron chi connectivity index (χ0n) is 9.33. The number of pyridine rings is 1. The Morgan fingerprint density at radius 1 is 1.24 bits per heavy atom. The lowest BCUT2D eigenvalue weighted by molar-refractivity contribution is 0.856. The minimum absolute atomic E-state index is 0.0620. The molecule has 0 amide bonds. The molecule has 0 bridgehead atoms. The first kappa shape index (κ1) is 11.0. The second-order valence-electron chi connectivity index (χ2n) is 3.52. The Labute approximate surface area is 99.2 Å². The van der Waals surface area contributed by atoms with Crippen molar-refractivity contribution in [2.45, 2.75) is 13.0 Å². The maximum atomic E-state index is 8.74. The number of rotatable bonds is 3. The summed E-state index contributed by atoms with van der Waals surface area (Å²) in [6.07, 6.45) is 5.04. The molecule has 1 atom stereocenters. The molecule has 0 radical (unpaired) electrons. The SMILES string of the molecule is CC(Nc1nccc(C#N)n1)c1ccncc1. The predicted octanol–water partition coefficient (Wildman–Crippen LogP) is 1.92. The van der Waals surface area contributed by atoms with Crippen LogP contribution < -0.4 is 5.32 Å². The summed E-state index contributed by atoms with van der Waals surface area (Å²) in [4.78, 5) is 12.1. The Kier molecular flexibility index (Phi) is 3.26. The maximum Gasteiger partial charge on any atom is 0.224 e. The van der Waals surface area contributed by atoms with Gasteiger partial charge in [-0.05, 0) is 30.7 Å². The molecule has 2 aromatic heterocycles. The van der Waals surface area contributed by atoms with Gasteiger partial charge in [-0.15, -0.1) is 0 Å². The first-order valence-electron chi connectivity index (χ1n) is 5.19. The highest BCUT2D eigenvalue weighted by molar-refractivity contribution is 5.33. The minimum Gasteiger partial charge on any atom is -0.348 e. The quantitative estimate of drug-likeness (QED) is 0.863. The van der Waals surface area contributed by atoms with Crippen LogP contribution in [0.3, 0.4) is 0 Å². The molecule has 2 aromatic rings. The molecular formula is C12H11N5. The van der Waals surface area contributed by atoms with E-state index in [4.69, 9.17) is 5.26 Å². The number of anilines is 1. The van der Waals surface area contributed by atoms with E-state index in [9.17, 15) is 0 Å². The van der Waals surface area contributed by atoms with Gasteiger partial charge in [0, 0.05) is 18.6 Å². The second kappa shape index (κ2) is 5.03. The largest absolute Gasteiger partial charge is 0.348 e. The van der Waals surface area contributed by atoms with E-state index in [1.165, 1.54) is 0 Å². The first-order valence-corrected chi connectivity index (χ1v) is 5.19. The monoisotopic (exact) mass is 225 g/mol. The maximum absolute atomic E-state index is 8.74. The number of nitrogens with zero attached hydrogens (tertiary/aromatic N) is 4. The van der Waals surface area contributed by atoms with E-state index in [0.717, 1.165) is 5.56 Å². The zero-order valence-corrected chi connectivity index (χ0v) is 9.33. The van der Waals surface area contributed by atoms with Gasteiger partial charge < -0.3 is 5.32 Å². The van der Waals surface area contributed by atoms with Crippen LogP contribution >= 0.6 is 0 Å². The molecule has 5 heteroatoms. The van der Waals surface area contributed by atoms with Gasteiger partial charge in [0.1, 0.15) is 11.8 Å². The van der Waals surface area contributed by atoms with Gasteiger partial charge in [-0.3, -0.25) is 4.98 Å². The molecule has 0 aliphatic carbocycles. The summed E-state index contributed by atoms with van der Waals surface area (Å²) in [5.74, 6) is 0.452. The van der Waals surface area contributed by atoms with Crippen LogP contribution in [0.1, 0.15) is 24.2 Å². The van der Waals surface area contributed by atoms with Gasteiger partial charge >= 0.3 is 0 Å². The van der Waals surface area contributed by atoms with Crippen molar-refractivity contribution in [2.75, 3.05) is 5.32 Å². The zero-order chi connectivity index (χ0) is 12.1. The van der Waals surface area contributed by atoms with Gasteiger partial charge in [-0.2, -0.15) is 5.26 Å². The number of nitrogens with one attached hydrogen (secondary N) is 1. The van der Waals surface area contributed by atoms with Gasteiger partial charge in [0.15, 0.2) is 0 Å². The fourth-order valence-corrected chi connectivity index (χ4v) is 1.42. The third kappa shape index (κ3) is 2.75. The molecule has 0 saturated heterocycles. The summed E-state index contributed by atoms with van der Waals surface area (Å²) in [6, 6.07) is 7.46. The van der Waals surface area contributed by atoms with Gasteiger partial charge in [0.2, 0.25) is 5.95 Å². The molecule has 84 valence electrons. The molecular weight excluding hydrogens is 214 g/mol. The molecule has 1 N–H and O–H groups in total. The highest BCUT2D eigenvalue weighted by Gasteiger charge is 2.06. The Bertz CT molecular complexity index is 532. The normalized spacial score (nSPS) is 11.5. The Hall–Kier alpha value is -2.48. The molecule has 2 heterocycles. The van der Waals surface area contributed by atoms with Crippen LogP contribution in [0.15, 0.2) is 36.8 Å². The molecule has 0 saturated carbocycles. The highest BCUT2D eigenvalue weighted by atomic mass is 15.1. The van der Waals surface area contributed by atoms with Crippen LogP contribution in [0, 0.1) is 11.3 Å². The van der Waals surface area contributed by atoms with Crippen LogP contribution in [-0.2, 0) is 0 Å². The van der Waals surface area contributed by atoms with Crippen molar-refractivity contribution in [1.82, 2.24) is 15.0 Å². The van der Waals surface area contributed by atoms with Gasteiger partial charge in [-0.25, -0.2) is 9.97 Å². The van der Waals surface area contributed by atoms with Crippen LogP contribution in [0.4, 0.5) is 5.95 Å². The molecule has 0 aromatic carbocycles. The predicted molar refractivity (Wildman–Crippen MR) is 63.0 cm³/mol. The average molecular weight is 225 g/mol. The summed E-state index contributed by atoms with van der Waals surface area (Å²) in [5, 5.41) is 11.9. The summed E-state index contributed by atoms with van der Waals surface area (Å²) in [6.45, 7) is 2.00. The van der Waals surface area contributed by atoms with Crippen molar-refractivity contribution in [3.8, 4) is 6.07 Å². The molecule has 17 heavy (non-hydrogen) atoms. The van der Waals surface area contributed by atoms with Crippen molar-refractivity contribution in [3.05, 3.63) is 48.0 Å². The van der Waals surface area contributed by atoms with E-state index in [0.29, 0.717) is 11.6 Å². The smallest absolute Gasteiger partial charge is 0.224 e. The highest BCUT2D eigenvalue weighted by Crippen LogP contribution is 2.15. The van der Waals surface area contributed by atoms with Crippen molar-refractivity contribution >= 4 is 5.95 Å². The van der Waals surface area contributed by atoms with Crippen molar-refractivity contribution in [3.63, 3.8) is 0 Å². The lowest BCUT2D eigenvalue weighted by Gasteiger charge is -2.13. The fourth-order valence-electron chi connectivity index (χ4n) is 1.42.